The van der Waals surface area contributed by atoms with Gasteiger partial charge < -0.3 is 5.32 Å². The number of nitrogens with one attached hydrogen (secondary N) is 1. The Morgan fingerprint density at radius 3 is 2.92 bits per heavy atom. The molecule has 2 heteroatoms. The molecule has 1 rings (SSSR count). The number of hydrogen-bond donors (Lipinski definition) is 1. The van der Waals surface area contributed by atoms with Crippen LogP contribution in [0.1, 0.15) is 26.2 Å². The fourth-order valence-corrected chi connectivity index (χ4v) is 1.99. The molecule has 0 bridgehead atoms. The van der Waals surface area contributed by atoms with Crippen LogP contribution in [0.25, 0.3) is 0 Å². The van der Waals surface area contributed by atoms with E-state index in [0.29, 0.717) is 0 Å². The second-order valence-corrected chi connectivity index (χ2v) is 4.10. The molecular weight excluding hydrogens is 160 g/mol. The van der Waals surface area contributed by atoms with Crippen LogP contribution < -0.4 is 5.32 Å². The first-order valence-corrected chi connectivity index (χ1v) is 5.29. The molecule has 1 N–H and O–H groups in total. The summed E-state index contributed by atoms with van der Waals surface area (Å²) >= 11 is 0. The van der Waals surface area contributed by atoms with Crippen LogP contribution in [0.3, 0.4) is 0 Å². The fourth-order valence-electron chi connectivity index (χ4n) is 1.99. The lowest BCUT2D eigenvalue weighted by Gasteiger charge is -2.33. The van der Waals surface area contributed by atoms with Crippen LogP contribution in [0.15, 0.2) is 12.2 Å². The van der Waals surface area contributed by atoms with Gasteiger partial charge in [0, 0.05) is 19.1 Å². The first-order valence-electron chi connectivity index (χ1n) is 5.29. The third-order valence-electron chi connectivity index (χ3n) is 2.79. The molecule has 1 unspecified atom stereocenters. The molecule has 13 heavy (non-hydrogen) atoms. The van der Waals surface area contributed by atoms with Gasteiger partial charge in [0.1, 0.15) is 0 Å². The van der Waals surface area contributed by atoms with Gasteiger partial charge in [0.15, 0.2) is 0 Å². The predicted molar refractivity (Wildman–Crippen MR) is 58.0 cm³/mol. The van der Waals surface area contributed by atoms with E-state index in [1.807, 2.05) is 7.05 Å². The highest BCUT2D eigenvalue weighted by atomic mass is 15.2. The number of rotatable bonds is 4. The van der Waals surface area contributed by atoms with Crippen molar-refractivity contribution in [1.29, 1.82) is 0 Å². The molecule has 1 heterocycles. The van der Waals surface area contributed by atoms with Gasteiger partial charge in [-0.1, -0.05) is 13.0 Å². The summed E-state index contributed by atoms with van der Waals surface area (Å²) in [5.41, 5.74) is 1.30. The summed E-state index contributed by atoms with van der Waals surface area (Å²) in [6.07, 6.45) is 4.11. The van der Waals surface area contributed by atoms with Crippen molar-refractivity contribution >= 4 is 0 Å². The molecule has 0 saturated carbocycles. The fraction of sp³-hybridized carbons (Fsp3) is 0.818. The van der Waals surface area contributed by atoms with Gasteiger partial charge in [-0.3, -0.25) is 4.90 Å². The maximum atomic E-state index is 4.07. The zero-order chi connectivity index (χ0) is 9.68. The van der Waals surface area contributed by atoms with E-state index in [2.05, 4.69) is 23.7 Å². The average molecular weight is 182 g/mol. The van der Waals surface area contributed by atoms with E-state index >= 15 is 0 Å². The van der Waals surface area contributed by atoms with Crippen molar-refractivity contribution in [2.45, 2.75) is 32.2 Å². The quantitative estimate of drug-likeness (QED) is 0.665. The molecule has 0 aliphatic carbocycles. The van der Waals surface area contributed by atoms with E-state index in [4.69, 9.17) is 0 Å². The maximum absolute atomic E-state index is 4.07. The largest absolute Gasteiger partial charge is 0.316 e. The summed E-state index contributed by atoms with van der Waals surface area (Å²) in [5.74, 6) is 0. The van der Waals surface area contributed by atoms with E-state index in [9.17, 15) is 0 Å². The minimum Gasteiger partial charge on any atom is -0.316 e. The molecule has 0 aromatic carbocycles. The molecule has 0 aromatic heterocycles. The summed E-state index contributed by atoms with van der Waals surface area (Å²) in [4.78, 5) is 2.54. The van der Waals surface area contributed by atoms with Gasteiger partial charge in [0.05, 0.1) is 0 Å². The molecule has 1 fully saturated rings. The Balaban J connectivity index is 2.29. The normalized spacial score (nSPS) is 24.6. The maximum Gasteiger partial charge on any atom is 0.0205 e. The van der Waals surface area contributed by atoms with Crippen LogP contribution in [0.2, 0.25) is 0 Å². The molecule has 1 aliphatic rings. The highest BCUT2D eigenvalue weighted by Crippen LogP contribution is 2.16. The van der Waals surface area contributed by atoms with Gasteiger partial charge in [-0.2, -0.15) is 0 Å². The van der Waals surface area contributed by atoms with Gasteiger partial charge in [0.2, 0.25) is 0 Å². The highest BCUT2D eigenvalue weighted by molar-refractivity contribution is 5.00. The summed E-state index contributed by atoms with van der Waals surface area (Å²) in [7, 11) is 1.98. The van der Waals surface area contributed by atoms with E-state index in [0.717, 1.165) is 19.1 Å². The Kier molecular flexibility index (Phi) is 4.46. The summed E-state index contributed by atoms with van der Waals surface area (Å²) in [6.45, 7) is 9.67. The lowest BCUT2D eigenvalue weighted by Crippen LogP contribution is -2.39. The van der Waals surface area contributed by atoms with Crippen LogP contribution in [-0.2, 0) is 0 Å². The van der Waals surface area contributed by atoms with Crippen molar-refractivity contribution in [3.05, 3.63) is 12.2 Å². The van der Waals surface area contributed by atoms with Crippen molar-refractivity contribution < 1.29 is 0 Å². The SMILES string of the molecule is C=C(CNC)CN1CCCCC1C. The third kappa shape index (κ3) is 3.49. The van der Waals surface area contributed by atoms with Crippen molar-refractivity contribution in [1.82, 2.24) is 10.2 Å². The summed E-state index contributed by atoms with van der Waals surface area (Å²) in [5, 5.41) is 3.15. The number of piperidine rings is 1. The second-order valence-electron chi connectivity index (χ2n) is 4.10. The lowest BCUT2D eigenvalue weighted by atomic mass is 10.0. The smallest absolute Gasteiger partial charge is 0.0205 e. The van der Waals surface area contributed by atoms with Crippen molar-refractivity contribution in [2.75, 3.05) is 26.7 Å². The van der Waals surface area contributed by atoms with Crippen LogP contribution in [0.5, 0.6) is 0 Å². The molecule has 76 valence electrons. The molecule has 0 amide bonds. The van der Waals surface area contributed by atoms with Gasteiger partial charge in [-0.05, 0) is 38.9 Å². The van der Waals surface area contributed by atoms with Crippen molar-refractivity contribution in [3.63, 3.8) is 0 Å². The average Bonchev–Trinajstić information content (AvgIpc) is 2.09. The zero-order valence-corrected chi connectivity index (χ0v) is 8.97. The zero-order valence-electron chi connectivity index (χ0n) is 8.97. The van der Waals surface area contributed by atoms with E-state index in [1.54, 1.807) is 0 Å². The number of nitrogens with zero attached hydrogens (tertiary/aromatic N) is 1. The van der Waals surface area contributed by atoms with Crippen LogP contribution in [-0.4, -0.2) is 37.6 Å². The minimum absolute atomic E-state index is 0.752. The van der Waals surface area contributed by atoms with E-state index in [-0.39, 0.29) is 0 Å². The van der Waals surface area contributed by atoms with Gasteiger partial charge in [-0.25, -0.2) is 0 Å². The Morgan fingerprint density at radius 2 is 2.31 bits per heavy atom. The molecule has 1 atom stereocenters. The summed E-state index contributed by atoms with van der Waals surface area (Å²) < 4.78 is 0. The topological polar surface area (TPSA) is 15.3 Å². The van der Waals surface area contributed by atoms with Crippen molar-refractivity contribution in [2.24, 2.45) is 0 Å². The third-order valence-corrected chi connectivity index (χ3v) is 2.79. The molecule has 0 spiro atoms. The Labute approximate surface area is 82.0 Å². The van der Waals surface area contributed by atoms with Crippen LogP contribution in [0, 0.1) is 0 Å². The number of hydrogen-bond acceptors (Lipinski definition) is 2. The Hall–Kier alpha value is -0.340. The van der Waals surface area contributed by atoms with Crippen LogP contribution >= 0.6 is 0 Å². The first kappa shape index (κ1) is 10.7. The predicted octanol–water partition coefficient (Wildman–Crippen LogP) is 1.64. The first-order chi connectivity index (χ1) is 6.24. The highest BCUT2D eigenvalue weighted by Gasteiger charge is 2.17. The molecule has 0 radical (unpaired) electrons. The molecule has 1 aliphatic heterocycles. The van der Waals surface area contributed by atoms with E-state index < -0.39 is 0 Å². The Morgan fingerprint density at radius 1 is 1.54 bits per heavy atom. The molecule has 0 aromatic rings. The lowest BCUT2D eigenvalue weighted by molar-refractivity contribution is 0.174. The Bertz CT molecular complexity index is 165. The van der Waals surface area contributed by atoms with Gasteiger partial charge in [-0.15, -0.1) is 0 Å². The molecule has 1 saturated heterocycles. The monoisotopic (exact) mass is 182 g/mol. The summed E-state index contributed by atoms with van der Waals surface area (Å²) in [6, 6.07) is 0.752. The van der Waals surface area contributed by atoms with Crippen molar-refractivity contribution in [3.8, 4) is 0 Å². The van der Waals surface area contributed by atoms with E-state index in [1.165, 1.54) is 31.4 Å². The van der Waals surface area contributed by atoms with Gasteiger partial charge in [0.25, 0.3) is 0 Å². The standard InChI is InChI=1S/C11H22N2/c1-10(8-12-3)9-13-7-5-4-6-11(13)2/h11-12H,1,4-9H2,2-3H3. The molecule has 2 nitrogen and oxygen atoms in total. The molecular formula is C11H22N2. The van der Waals surface area contributed by atoms with Gasteiger partial charge >= 0.3 is 0 Å². The minimum atomic E-state index is 0.752. The second kappa shape index (κ2) is 5.40. The number of likely N-dealkylation sites (tertiary alicyclic amines) is 1. The number of likely N-dealkylation sites (N-methyl/N-ethyl adjacent to an activating group) is 1. The van der Waals surface area contributed by atoms with Crippen LogP contribution in [0.4, 0.5) is 0 Å².